The van der Waals surface area contributed by atoms with Crippen molar-refractivity contribution in [2.75, 3.05) is 5.01 Å². The molecule has 12 heavy (non-hydrogen) atoms. The average Bonchev–Trinajstić information content (AvgIpc) is 2.05. The highest BCUT2D eigenvalue weighted by molar-refractivity contribution is 5.50. The molecule has 1 rings (SSSR count). The van der Waals surface area contributed by atoms with Gasteiger partial charge in [-0.1, -0.05) is 0 Å². The number of hydrogen-bond acceptors (Lipinski definition) is 4. The predicted molar refractivity (Wildman–Crippen MR) is 49.0 cm³/mol. The quantitative estimate of drug-likeness (QED) is 0.493. The number of nitrogens with two attached hydrogens (primary N) is 2. The van der Waals surface area contributed by atoms with Crippen LogP contribution in [0.15, 0.2) is 30.7 Å². The van der Waals surface area contributed by atoms with Crippen LogP contribution >= 0.6 is 0 Å². The fourth-order valence-corrected chi connectivity index (χ4v) is 0.922. The van der Waals surface area contributed by atoms with Gasteiger partial charge in [-0.3, -0.25) is 9.99 Å². The minimum atomic E-state index is 0.846. The van der Waals surface area contributed by atoms with E-state index in [-0.39, 0.29) is 0 Å². The molecule has 0 aliphatic rings. The van der Waals surface area contributed by atoms with E-state index in [0.29, 0.717) is 0 Å². The maximum Gasteiger partial charge on any atom is 0.0781 e. The third-order valence-electron chi connectivity index (χ3n) is 1.50. The fourth-order valence-electron chi connectivity index (χ4n) is 0.922. The molecule has 0 radical (unpaired) electrons. The van der Waals surface area contributed by atoms with Crippen molar-refractivity contribution in [3.63, 3.8) is 0 Å². The van der Waals surface area contributed by atoms with Crippen LogP contribution in [0.2, 0.25) is 0 Å². The largest absolute Gasteiger partial charge is 0.403 e. The molecule has 0 unspecified atom stereocenters. The van der Waals surface area contributed by atoms with Gasteiger partial charge in [0.15, 0.2) is 0 Å². The first-order chi connectivity index (χ1) is 5.75. The standard InChI is InChI=1S/C8H12N4/c1-7-8(3-2-5-11-7)12(10)6-4-9/h2-6H,9-10H2,1H3/b6-4-. The normalized spacial score (nSPS) is 10.5. The zero-order valence-electron chi connectivity index (χ0n) is 6.94. The van der Waals surface area contributed by atoms with Gasteiger partial charge in [-0.25, -0.2) is 5.84 Å². The fraction of sp³-hybridized carbons (Fsp3) is 0.125. The summed E-state index contributed by atoms with van der Waals surface area (Å²) in [7, 11) is 0. The van der Waals surface area contributed by atoms with Gasteiger partial charge >= 0.3 is 0 Å². The Morgan fingerprint density at radius 2 is 2.33 bits per heavy atom. The summed E-state index contributed by atoms with van der Waals surface area (Å²) >= 11 is 0. The van der Waals surface area contributed by atoms with Gasteiger partial charge in [0, 0.05) is 18.6 Å². The molecule has 4 N–H and O–H groups in total. The highest BCUT2D eigenvalue weighted by atomic mass is 15.4. The number of rotatable bonds is 2. The molecule has 64 valence electrons. The first-order valence-corrected chi connectivity index (χ1v) is 3.59. The molecule has 0 aromatic carbocycles. The van der Waals surface area contributed by atoms with Gasteiger partial charge in [0.2, 0.25) is 0 Å². The molecule has 0 fully saturated rings. The second-order valence-corrected chi connectivity index (χ2v) is 2.36. The number of hydrogen-bond donors (Lipinski definition) is 2. The third kappa shape index (κ3) is 1.73. The summed E-state index contributed by atoms with van der Waals surface area (Å²) in [6.45, 7) is 1.89. The lowest BCUT2D eigenvalue weighted by Gasteiger charge is -2.14. The number of nitrogens with zero attached hydrogens (tertiary/aromatic N) is 2. The van der Waals surface area contributed by atoms with Crippen LogP contribution in [0.4, 0.5) is 5.69 Å². The van der Waals surface area contributed by atoms with Crippen LogP contribution in [-0.4, -0.2) is 4.98 Å². The zero-order chi connectivity index (χ0) is 8.97. The van der Waals surface area contributed by atoms with E-state index in [1.54, 1.807) is 12.4 Å². The van der Waals surface area contributed by atoms with Crippen molar-refractivity contribution >= 4 is 5.69 Å². The Hall–Kier alpha value is -1.55. The van der Waals surface area contributed by atoms with Crippen LogP contribution in [0.5, 0.6) is 0 Å². The van der Waals surface area contributed by atoms with E-state index in [1.807, 2.05) is 19.1 Å². The van der Waals surface area contributed by atoms with Crippen LogP contribution < -0.4 is 16.6 Å². The summed E-state index contributed by atoms with van der Waals surface area (Å²) in [4.78, 5) is 4.09. The van der Waals surface area contributed by atoms with E-state index < -0.39 is 0 Å². The lowest BCUT2D eigenvalue weighted by molar-refractivity contribution is 1.03. The summed E-state index contributed by atoms with van der Waals surface area (Å²) < 4.78 is 0. The first kappa shape index (κ1) is 8.55. The maximum absolute atomic E-state index is 5.63. The Balaban J connectivity index is 2.94. The highest BCUT2D eigenvalue weighted by Gasteiger charge is 2.00. The summed E-state index contributed by atoms with van der Waals surface area (Å²) in [6.07, 6.45) is 4.68. The third-order valence-corrected chi connectivity index (χ3v) is 1.50. The van der Waals surface area contributed by atoms with Gasteiger partial charge in [0.05, 0.1) is 11.4 Å². The molecular weight excluding hydrogens is 152 g/mol. The van der Waals surface area contributed by atoms with Crippen LogP contribution in [0.3, 0.4) is 0 Å². The molecule has 0 atom stereocenters. The topological polar surface area (TPSA) is 68.2 Å². The average molecular weight is 164 g/mol. The lowest BCUT2D eigenvalue weighted by atomic mass is 10.3. The Labute approximate surface area is 71.5 Å². The summed E-state index contributed by atoms with van der Waals surface area (Å²) in [5.74, 6) is 5.63. The van der Waals surface area contributed by atoms with Gasteiger partial charge in [0.1, 0.15) is 0 Å². The van der Waals surface area contributed by atoms with Gasteiger partial charge in [-0.2, -0.15) is 0 Å². The first-order valence-electron chi connectivity index (χ1n) is 3.59. The van der Waals surface area contributed by atoms with E-state index in [2.05, 4.69) is 4.98 Å². The number of aromatic nitrogens is 1. The molecular formula is C8H12N4. The van der Waals surface area contributed by atoms with E-state index >= 15 is 0 Å². The molecule has 0 aliphatic carbocycles. The SMILES string of the molecule is Cc1ncccc1N(N)/C=C\N. The Morgan fingerprint density at radius 3 is 2.92 bits per heavy atom. The van der Waals surface area contributed by atoms with Crippen LogP contribution in [0, 0.1) is 6.92 Å². The smallest absolute Gasteiger partial charge is 0.0781 e. The molecule has 0 aliphatic heterocycles. The molecule has 1 heterocycles. The van der Waals surface area contributed by atoms with Gasteiger partial charge in [0.25, 0.3) is 0 Å². The van der Waals surface area contributed by atoms with Crippen molar-refractivity contribution in [3.05, 3.63) is 36.4 Å². The molecule has 1 aromatic rings. The monoisotopic (exact) mass is 164 g/mol. The van der Waals surface area contributed by atoms with Gasteiger partial charge in [-0.05, 0) is 19.1 Å². The van der Waals surface area contributed by atoms with Crippen LogP contribution in [0.1, 0.15) is 5.69 Å². The number of aryl methyl sites for hydroxylation is 1. The summed E-state index contributed by atoms with van der Waals surface area (Å²) in [5.41, 5.74) is 6.91. The molecule has 4 nitrogen and oxygen atoms in total. The molecule has 0 spiro atoms. The summed E-state index contributed by atoms with van der Waals surface area (Å²) in [6, 6.07) is 3.70. The van der Waals surface area contributed by atoms with Crippen molar-refractivity contribution in [2.24, 2.45) is 11.6 Å². The van der Waals surface area contributed by atoms with E-state index in [9.17, 15) is 0 Å². The summed E-state index contributed by atoms with van der Waals surface area (Å²) in [5, 5.41) is 1.43. The predicted octanol–water partition coefficient (Wildman–Crippen LogP) is 0.500. The molecule has 0 saturated carbocycles. The second kappa shape index (κ2) is 3.73. The van der Waals surface area contributed by atoms with E-state index in [4.69, 9.17) is 11.6 Å². The van der Waals surface area contributed by atoms with Crippen molar-refractivity contribution in [1.82, 2.24) is 4.98 Å². The van der Waals surface area contributed by atoms with Crippen LogP contribution in [-0.2, 0) is 0 Å². The number of hydrazine groups is 1. The number of anilines is 1. The Bertz CT molecular complexity index is 282. The van der Waals surface area contributed by atoms with Crippen molar-refractivity contribution in [3.8, 4) is 0 Å². The number of pyridine rings is 1. The molecule has 0 saturated heterocycles. The lowest BCUT2D eigenvalue weighted by Crippen LogP contribution is -2.25. The molecule has 4 heteroatoms. The minimum Gasteiger partial charge on any atom is -0.403 e. The van der Waals surface area contributed by atoms with Gasteiger partial charge < -0.3 is 5.73 Å². The highest BCUT2D eigenvalue weighted by Crippen LogP contribution is 2.13. The maximum atomic E-state index is 5.63. The molecule has 1 aromatic heterocycles. The van der Waals surface area contributed by atoms with Crippen LogP contribution in [0.25, 0.3) is 0 Å². The van der Waals surface area contributed by atoms with E-state index in [1.165, 1.54) is 11.2 Å². The van der Waals surface area contributed by atoms with Crippen molar-refractivity contribution < 1.29 is 0 Å². The molecule has 0 amide bonds. The molecule has 0 bridgehead atoms. The van der Waals surface area contributed by atoms with E-state index in [0.717, 1.165) is 11.4 Å². The minimum absolute atomic E-state index is 0.846. The van der Waals surface area contributed by atoms with Crippen molar-refractivity contribution in [2.45, 2.75) is 6.92 Å². The van der Waals surface area contributed by atoms with Crippen molar-refractivity contribution in [1.29, 1.82) is 0 Å². The van der Waals surface area contributed by atoms with Gasteiger partial charge in [-0.15, -0.1) is 0 Å². The Morgan fingerprint density at radius 1 is 1.58 bits per heavy atom. The Kier molecular flexibility index (Phi) is 2.66. The second-order valence-electron chi connectivity index (χ2n) is 2.36. The zero-order valence-corrected chi connectivity index (χ0v) is 6.94.